The first-order valence-electron chi connectivity index (χ1n) is 4.83. The van der Waals surface area contributed by atoms with Crippen LogP contribution in [-0.4, -0.2) is 24.2 Å². The van der Waals surface area contributed by atoms with Gasteiger partial charge in [-0.3, -0.25) is 9.59 Å². The molecule has 1 N–H and O–H groups in total. The number of aliphatic carboxylic acids is 1. The molecule has 2 atom stereocenters. The van der Waals surface area contributed by atoms with Crippen molar-refractivity contribution in [1.29, 1.82) is 0 Å². The summed E-state index contributed by atoms with van der Waals surface area (Å²) in [5.74, 6) is -1.78. The Morgan fingerprint density at radius 2 is 2.07 bits per heavy atom. The summed E-state index contributed by atoms with van der Waals surface area (Å²) in [6.45, 7) is 1.64. The van der Waals surface area contributed by atoms with Gasteiger partial charge in [0, 0.05) is 0 Å². The molecular weight excluding hydrogens is 184 g/mol. The second-order valence-corrected chi connectivity index (χ2v) is 4.04. The van der Waals surface area contributed by atoms with E-state index >= 15 is 0 Å². The third kappa shape index (κ3) is 1.74. The van der Waals surface area contributed by atoms with Gasteiger partial charge >= 0.3 is 11.9 Å². The van der Waals surface area contributed by atoms with Crippen molar-refractivity contribution in [3.63, 3.8) is 0 Å². The summed E-state index contributed by atoms with van der Waals surface area (Å²) in [4.78, 5) is 22.5. The van der Waals surface area contributed by atoms with E-state index in [1.165, 1.54) is 7.11 Å². The molecule has 4 heteroatoms. The zero-order valence-electron chi connectivity index (χ0n) is 8.58. The molecule has 0 aromatic heterocycles. The topological polar surface area (TPSA) is 63.6 Å². The molecule has 1 fully saturated rings. The molecule has 14 heavy (non-hydrogen) atoms. The third-order valence-electron chi connectivity index (χ3n) is 3.18. The number of ether oxygens (including phenoxy) is 1. The molecule has 0 heterocycles. The van der Waals surface area contributed by atoms with Gasteiger partial charge in [-0.05, 0) is 19.8 Å². The van der Waals surface area contributed by atoms with Crippen LogP contribution in [0.25, 0.3) is 0 Å². The van der Waals surface area contributed by atoms with Gasteiger partial charge in [0.2, 0.25) is 0 Å². The highest BCUT2D eigenvalue weighted by molar-refractivity contribution is 5.84. The van der Waals surface area contributed by atoms with E-state index in [1.807, 2.05) is 0 Å². The second-order valence-electron chi connectivity index (χ2n) is 4.04. The smallest absolute Gasteiger partial charge is 0.310 e. The number of hydrogen-bond donors (Lipinski definition) is 1. The molecule has 0 saturated heterocycles. The number of carboxylic acids is 1. The summed E-state index contributed by atoms with van der Waals surface area (Å²) in [7, 11) is 1.30. The summed E-state index contributed by atoms with van der Waals surface area (Å²) in [5, 5.41) is 9.10. The number of hydrogen-bond acceptors (Lipinski definition) is 3. The number of carbonyl (C=O) groups is 2. The maximum Gasteiger partial charge on any atom is 0.310 e. The Balaban J connectivity index is 2.88. The van der Waals surface area contributed by atoms with E-state index in [9.17, 15) is 9.59 Å². The Bertz CT molecular complexity index is 249. The van der Waals surface area contributed by atoms with E-state index in [2.05, 4.69) is 4.74 Å². The first-order valence-corrected chi connectivity index (χ1v) is 4.83. The van der Waals surface area contributed by atoms with E-state index in [4.69, 9.17) is 5.11 Å². The van der Waals surface area contributed by atoms with Crippen molar-refractivity contribution >= 4 is 11.9 Å². The van der Waals surface area contributed by atoms with E-state index < -0.39 is 23.3 Å². The van der Waals surface area contributed by atoms with Crippen LogP contribution in [0.1, 0.15) is 32.6 Å². The maximum absolute atomic E-state index is 11.4. The Morgan fingerprint density at radius 1 is 1.43 bits per heavy atom. The fourth-order valence-corrected chi connectivity index (χ4v) is 2.11. The summed E-state index contributed by atoms with van der Waals surface area (Å²) in [6, 6.07) is 0. The normalized spacial score (nSPS) is 32.3. The molecule has 80 valence electrons. The van der Waals surface area contributed by atoms with Gasteiger partial charge in [-0.25, -0.2) is 0 Å². The predicted molar refractivity (Wildman–Crippen MR) is 49.7 cm³/mol. The maximum atomic E-state index is 11.4. The van der Waals surface area contributed by atoms with Crippen LogP contribution in [0.15, 0.2) is 0 Å². The lowest BCUT2D eigenvalue weighted by molar-refractivity contribution is -0.166. The zero-order chi connectivity index (χ0) is 10.8. The molecule has 0 bridgehead atoms. The third-order valence-corrected chi connectivity index (χ3v) is 3.18. The zero-order valence-corrected chi connectivity index (χ0v) is 8.58. The standard InChI is InChI=1S/C10H16O4/c1-10(9(12)13)6-4-3-5-7(10)8(11)14-2/h7H,3-6H2,1-2H3,(H,12,13)/t7-,10+/m1/s1. The molecular formula is C10H16O4. The van der Waals surface area contributed by atoms with Crippen LogP contribution in [0, 0.1) is 11.3 Å². The number of carboxylic acid groups (broad SMARTS) is 1. The van der Waals surface area contributed by atoms with Gasteiger partial charge in [0.25, 0.3) is 0 Å². The molecule has 0 unspecified atom stereocenters. The number of rotatable bonds is 2. The Morgan fingerprint density at radius 3 is 2.57 bits per heavy atom. The highest BCUT2D eigenvalue weighted by Gasteiger charge is 2.47. The van der Waals surface area contributed by atoms with Crippen molar-refractivity contribution < 1.29 is 19.4 Å². The van der Waals surface area contributed by atoms with E-state index in [1.54, 1.807) is 6.92 Å². The van der Waals surface area contributed by atoms with Gasteiger partial charge in [0.05, 0.1) is 18.4 Å². The van der Waals surface area contributed by atoms with Gasteiger partial charge in [0.15, 0.2) is 0 Å². The quantitative estimate of drug-likeness (QED) is 0.685. The monoisotopic (exact) mass is 200 g/mol. The minimum Gasteiger partial charge on any atom is -0.481 e. The van der Waals surface area contributed by atoms with Crippen LogP contribution in [0.3, 0.4) is 0 Å². The fraction of sp³-hybridized carbons (Fsp3) is 0.800. The van der Waals surface area contributed by atoms with Gasteiger partial charge in [-0.1, -0.05) is 12.8 Å². The van der Waals surface area contributed by atoms with Gasteiger partial charge in [-0.2, -0.15) is 0 Å². The van der Waals surface area contributed by atoms with Crippen LogP contribution in [-0.2, 0) is 14.3 Å². The van der Waals surface area contributed by atoms with E-state index in [0.717, 1.165) is 12.8 Å². The Kier molecular flexibility index (Phi) is 3.13. The lowest BCUT2D eigenvalue weighted by Crippen LogP contribution is -2.42. The van der Waals surface area contributed by atoms with Gasteiger partial charge in [-0.15, -0.1) is 0 Å². The number of carbonyl (C=O) groups excluding carboxylic acids is 1. The minimum atomic E-state index is -0.939. The summed E-state index contributed by atoms with van der Waals surface area (Å²) >= 11 is 0. The molecule has 4 nitrogen and oxygen atoms in total. The van der Waals surface area contributed by atoms with Crippen molar-refractivity contribution in [2.45, 2.75) is 32.6 Å². The molecule has 1 rings (SSSR count). The molecule has 0 amide bonds. The SMILES string of the molecule is COC(=O)[C@H]1CCCC[C@]1(C)C(=O)O. The first kappa shape index (κ1) is 11.0. The number of methoxy groups -OCH3 is 1. The van der Waals surface area contributed by atoms with E-state index in [-0.39, 0.29) is 0 Å². The molecule has 0 spiro atoms. The minimum absolute atomic E-state index is 0.394. The molecule has 0 aromatic carbocycles. The predicted octanol–water partition coefficient (Wildman–Crippen LogP) is 1.44. The second kappa shape index (κ2) is 3.98. The van der Waals surface area contributed by atoms with Gasteiger partial charge < -0.3 is 9.84 Å². The van der Waals surface area contributed by atoms with Crippen molar-refractivity contribution in [1.82, 2.24) is 0 Å². The van der Waals surface area contributed by atoms with Crippen molar-refractivity contribution in [2.75, 3.05) is 7.11 Å². The van der Waals surface area contributed by atoms with E-state index in [0.29, 0.717) is 12.8 Å². The highest BCUT2D eigenvalue weighted by atomic mass is 16.5. The van der Waals surface area contributed by atoms with Crippen molar-refractivity contribution in [3.05, 3.63) is 0 Å². The van der Waals surface area contributed by atoms with Crippen LogP contribution in [0.5, 0.6) is 0 Å². The molecule has 1 saturated carbocycles. The van der Waals surface area contributed by atoms with Crippen LogP contribution in [0.2, 0.25) is 0 Å². The Labute approximate surface area is 83.2 Å². The highest BCUT2D eigenvalue weighted by Crippen LogP contribution is 2.41. The Hall–Kier alpha value is -1.06. The first-order chi connectivity index (χ1) is 6.52. The number of esters is 1. The van der Waals surface area contributed by atoms with Gasteiger partial charge in [0.1, 0.15) is 0 Å². The summed E-state index contributed by atoms with van der Waals surface area (Å²) < 4.78 is 4.63. The molecule has 1 aliphatic carbocycles. The molecule has 0 aliphatic heterocycles. The van der Waals surface area contributed by atoms with Crippen LogP contribution in [0.4, 0.5) is 0 Å². The molecule has 0 radical (unpaired) electrons. The summed E-state index contributed by atoms with van der Waals surface area (Å²) in [6.07, 6.45) is 2.95. The van der Waals surface area contributed by atoms with Crippen molar-refractivity contribution in [2.24, 2.45) is 11.3 Å². The average Bonchev–Trinajstić information content (AvgIpc) is 2.17. The lowest BCUT2D eigenvalue weighted by Gasteiger charge is -2.35. The average molecular weight is 200 g/mol. The van der Waals surface area contributed by atoms with Crippen LogP contribution < -0.4 is 0 Å². The largest absolute Gasteiger partial charge is 0.481 e. The summed E-state index contributed by atoms with van der Waals surface area (Å²) in [5.41, 5.74) is -0.939. The molecule has 0 aromatic rings. The molecule has 1 aliphatic rings. The fourth-order valence-electron chi connectivity index (χ4n) is 2.11. The lowest BCUT2D eigenvalue weighted by atomic mass is 9.67. The van der Waals surface area contributed by atoms with Crippen LogP contribution >= 0.6 is 0 Å². The van der Waals surface area contributed by atoms with Crippen molar-refractivity contribution in [3.8, 4) is 0 Å².